The van der Waals surface area contributed by atoms with E-state index in [-0.39, 0.29) is 6.04 Å². The molecule has 0 saturated heterocycles. The second-order valence-corrected chi connectivity index (χ2v) is 6.38. The molecule has 0 radical (unpaired) electrons. The molecule has 2 rings (SSSR count). The Kier molecular flexibility index (Phi) is 4.61. The van der Waals surface area contributed by atoms with Gasteiger partial charge in [-0.3, -0.25) is 0 Å². The molecule has 102 valence electrons. The molecule has 0 fully saturated rings. The van der Waals surface area contributed by atoms with E-state index in [2.05, 4.69) is 39.0 Å². The second-order valence-electron chi connectivity index (χ2n) is 5.06. The Morgan fingerprint density at radius 1 is 1.16 bits per heavy atom. The zero-order chi connectivity index (χ0) is 13.8. The first kappa shape index (κ1) is 14.1. The standard InChI is InChI=1S/C16H21NOS/c1-11(2)13-6-4-5-7-15(13)18-10-14(17)16-9-8-12(3)19-16/h4-9,11,14H,10,17H2,1-3H3. The van der Waals surface area contributed by atoms with E-state index in [1.165, 1.54) is 15.3 Å². The molecule has 1 heterocycles. The molecule has 1 atom stereocenters. The number of rotatable bonds is 5. The van der Waals surface area contributed by atoms with Crippen molar-refractivity contribution in [3.63, 3.8) is 0 Å². The molecule has 0 aliphatic carbocycles. The Balaban J connectivity index is 2.03. The number of thiophene rings is 1. The summed E-state index contributed by atoms with van der Waals surface area (Å²) in [6.07, 6.45) is 0. The normalized spacial score (nSPS) is 12.7. The molecule has 0 amide bonds. The molecule has 1 aromatic carbocycles. The number of hydrogen-bond donors (Lipinski definition) is 1. The summed E-state index contributed by atoms with van der Waals surface area (Å²) in [7, 11) is 0. The fraction of sp³-hybridized carbons (Fsp3) is 0.375. The highest BCUT2D eigenvalue weighted by Gasteiger charge is 2.11. The SMILES string of the molecule is Cc1ccc(C(N)COc2ccccc2C(C)C)s1. The quantitative estimate of drug-likeness (QED) is 0.885. The van der Waals surface area contributed by atoms with Crippen LogP contribution in [0.2, 0.25) is 0 Å². The molecule has 19 heavy (non-hydrogen) atoms. The maximum atomic E-state index is 6.17. The molecular formula is C16H21NOS. The topological polar surface area (TPSA) is 35.2 Å². The summed E-state index contributed by atoms with van der Waals surface area (Å²) in [5.41, 5.74) is 7.40. The van der Waals surface area contributed by atoms with Crippen molar-refractivity contribution >= 4 is 11.3 Å². The molecule has 3 heteroatoms. The maximum absolute atomic E-state index is 6.17. The van der Waals surface area contributed by atoms with Crippen LogP contribution in [-0.4, -0.2) is 6.61 Å². The highest BCUT2D eigenvalue weighted by molar-refractivity contribution is 7.12. The van der Waals surface area contributed by atoms with Crippen molar-refractivity contribution in [2.45, 2.75) is 32.7 Å². The van der Waals surface area contributed by atoms with Gasteiger partial charge in [-0.15, -0.1) is 11.3 Å². The summed E-state index contributed by atoms with van der Waals surface area (Å²) in [6, 6.07) is 12.3. The fourth-order valence-corrected chi connectivity index (χ4v) is 2.87. The summed E-state index contributed by atoms with van der Waals surface area (Å²) >= 11 is 1.74. The molecule has 2 nitrogen and oxygen atoms in total. The molecule has 0 aliphatic heterocycles. The highest BCUT2D eigenvalue weighted by Crippen LogP contribution is 2.27. The highest BCUT2D eigenvalue weighted by atomic mass is 32.1. The van der Waals surface area contributed by atoms with Crippen LogP contribution in [0.1, 0.15) is 41.1 Å². The third-order valence-electron chi connectivity index (χ3n) is 3.09. The fourth-order valence-electron chi connectivity index (χ4n) is 2.00. The number of aryl methyl sites for hydroxylation is 1. The maximum Gasteiger partial charge on any atom is 0.122 e. The first-order valence-corrected chi connectivity index (χ1v) is 7.43. The summed E-state index contributed by atoms with van der Waals surface area (Å²) in [5, 5.41) is 0. The van der Waals surface area contributed by atoms with Crippen LogP contribution in [0.25, 0.3) is 0 Å². The van der Waals surface area contributed by atoms with Crippen molar-refractivity contribution in [2.75, 3.05) is 6.61 Å². The van der Waals surface area contributed by atoms with Gasteiger partial charge in [0.2, 0.25) is 0 Å². The van der Waals surface area contributed by atoms with E-state index >= 15 is 0 Å². The molecule has 1 unspecified atom stereocenters. The van der Waals surface area contributed by atoms with Gasteiger partial charge in [0.15, 0.2) is 0 Å². The van der Waals surface area contributed by atoms with Crippen LogP contribution in [-0.2, 0) is 0 Å². The van der Waals surface area contributed by atoms with Crippen molar-refractivity contribution in [2.24, 2.45) is 5.73 Å². The Morgan fingerprint density at radius 2 is 1.89 bits per heavy atom. The zero-order valence-corrected chi connectivity index (χ0v) is 12.5. The van der Waals surface area contributed by atoms with E-state index in [4.69, 9.17) is 10.5 Å². The number of para-hydroxylation sites is 1. The largest absolute Gasteiger partial charge is 0.491 e. The predicted molar refractivity (Wildman–Crippen MR) is 82.0 cm³/mol. The first-order chi connectivity index (χ1) is 9.08. The van der Waals surface area contributed by atoms with Gasteiger partial charge in [0.05, 0.1) is 6.04 Å². The van der Waals surface area contributed by atoms with Crippen molar-refractivity contribution in [1.29, 1.82) is 0 Å². The Morgan fingerprint density at radius 3 is 2.53 bits per heavy atom. The van der Waals surface area contributed by atoms with Crippen LogP contribution in [0.3, 0.4) is 0 Å². The van der Waals surface area contributed by atoms with Gasteiger partial charge in [-0.05, 0) is 36.6 Å². The lowest BCUT2D eigenvalue weighted by molar-refractivity contribution is 0.288. The minimum absolute atomic E-state index is 0.0566. The lowest BCUT2D eigenvalue weighted by Gasteiger charge is -2.16. The van der Waals surface area contributed by atoms with Crippen LogP contribution < -0.4 is 10.5 Å². The van der Waals surface area contributed by atoms with Gasteiger partial charge in [0.25, 0.3) is 0 Å². The first-order valence-electron chi connectivity index (χ1n) is 6.61. The summed E-state index contributed by atoms with van der Waals surface area (Å²) in [5.74, 6) is 1.40. The second kappa shape index (κ2) is 6.22. The minimum Gasteiger partial charge on any atom is -0.491 e. The molecular weight excluding hydrogens is 254 g/mol. The van der Waals surface area contributed by atoms with E-state index in [0.717, 1.165) is 5.75 Å². The predicted octanol–water partition coefficient (Wildman–Crippen LogP) is 4.26. The van der Waals surface area contributed by atoms with Gasteiger partial charge in [-0.1, -0.05) is 32.0 Å². The van der Waals surface area contributed by atoms with Gasteiger partial charge < -0.3 is 10.5 Å². The molecule has 2 aromatic rings. The monoisotopic (exact) mass is 275 g/mol. The Bertz CT molecular complexity index is 533. The third-order valence-corrected chi connectivity index (χ3v) is 4.22. The van der Waals surface area contributed by atoms with Crippen LogP contribution >= 0.6 is 11.3 Å². The minimum atomic E-state index is -0.0566. The third kappa shape index (κ3) is 3.58. The van der Waals surface area contributed by atoms with Gasteiger partial charge in [-0.25, -0.2) is 0 Å². The molecule has 2 N–H and O–H groups in total. The van der Waals surface area contributed by atoms with E-state index in [0.29, 0.717) is 12.5 Å². The average Bonchev–Trinajstić information content (AvgIpc) is 2.83. The average molecular weight is 275 g/mol. The summed E-state index contributed by atoms with van der Waals surface area (Å²) in [4.78, 5) is 2.47. The van der Waals surface area contributed by atoms with E-state index < -0.39 is 0 Å². The van der Waals surface area contributed by atoms with E-state index in [1.54, 1.807) is 11.3 Å². The van der Waals surface area contributed by atoms with Crippen molar-refractivity contribution in [3.8, 4) is 5.75 Å². The van der Waals surface area contributed by atoms with Gasteiger partial charge in [0, 0.05) is 9.75 Å². The zero-order valence-electron chi connectivity index (χ0n) is 11.7. The van der Waals surface area contributed by atoms with Crippen molar-refractivity contribution in [1.82, 2.24) is 0 Å². The smallest absolute Gasteiger partial charge is 0.122 e. The van der Waals surface area contributed by atoms with Crippen LogP contribution in [0.15, 0.2) is 36.4 Å². The number of hydrogen-bond acceptors (Lipinski definition) is 3. The molecule has 0 bridgehead atoms. The molecule has 1 aromatic heterocycles. The Labute approximate surface area is 119 Å². The lowest BCUT2D eigenvalue weighted by Crippen LogP contribution is -2.18. The van der Waals surface area contributed by atoms with Crippen molar-refractivity contribution in [3.05, 3.63) is 51.7 Å². The Hall–Kier alpha value is -1.32. The van der Waals surface area contributed by atoms with E-state index in [1.807, 2.05) is 18.2 Å². The van der Waals surface area contributed by atoms with Crippen molar-refractivity contribution < 1.29 is 4.74 Å². The molecule has 0 saturated carbocycles. The number of benzene rings is 1. The van der Waals surface area contributed by atoms with Crippen LogP contribution in [0.5, 0.6) is 5.75 Å². The molecule has 0 spiro atoms. The summed E-state index contributed by atoms with van der Waals surface area (Å²) in [6.45, 7) is 6.95. The number of ether oxygens (including phenoxy) is 1. The van der Waals surface area contributed by atoms with Gasteiger partial charge >= 0.3 is 0 Å². The molecule has 0 aliphatic rings. The number of nitrogens with two attached hydrogens (primary N) is 1. The summed E-state index contributed by atoms with van der Waals surface area (Å²) < 4.78 is 5.91. The van der Waals surface area contributed by atoms with Crippen LogP contribution in [0.4, 0.5) is 0 Å². The van der Waals surface area contributed by atoms with Gasteiger partial charge in [0.1, 0.15) is 12.4 Å². The van der Waals surface area contributed by atoms with Gasteiger partial charge in [-0.2, -0.15) is 0 Å². The lowest BCUT2D eigenvalue weighted by atomic mass is 10.0. The van der Waals surface area contributed by atoms with Crippen LogP contribution in [0, 0.1) is 6.92 Å². The van der Waals surface area contributed by atoms with E-state index in [9.17, 15) is 0 Å².